The van der Waals surface area contributed by atoms with Crippen LogP contribution in [0.15, 0.2) is 41.3 Å². The lowest BCUT2D eigenvalue weighted by Gasteiger charge is -2.34. The number of carbonyl (C=O) groups is 1. The summed E-state index contributed by atoms with van der Waals surface area (Å²) in [5.74, 6) is 1.31. The lowest BCUT2D eigenvalue weighted by molar-refractivity contribution is -0.136. The van der Waals surface area contributed by atoms with E-state index in [9.17, 15) is 4.79 Å². The van der Waals surface area contributed by atoms with Gasteiger partial charge in [-0.1, -0.05) is 6.07 Å². The van der Waals surface area contributed by atoms with Gasteiger partial charge in [-0.05, 0) is 46.8 Å². The summed E-state index contributed by atoms with van der Waals surface area (Å²) < 4.78 is 8.09. The molecule has 0 bridgehead atoms. The van der Waals surface area contributed by atoms with E-state index >= 15 is 0 Å². The van der Waals surface area contributed by atoms with Gasteiger partial charge in [0.15, 0.2) is 5.65 Å². The molecule has 2 atom stereocenters. The maximum absolute atomic E-state index is 12.9. The van der Waals surface area contributed by atoms with Crippen molar-refractivity contribution in [2.75, 3.05) is 31.6 Å². The number of aromatic nitrogens is 4. The van der Waals surface area contributed by atoms with E-state index in [4.69, 9.17) is 9.72 Å². The molecule has 9 heteroatoms. The van der Waals surface area contributed by atoms with Crippen molar-refractivity contribution in [3.63, 3.8) is 0 Å². The minimum atomic E-state index is 0.00914. The smallest absolute Gasteiger partial charge is 0.228 e. The van der Waals surface area contributed by atoms with Gasteiger partial charge < -0.3 is 15.0 Å². The summed E-state index contributed by atoms with van der Waals surface area (Å²) in [7, 11) is 0. The van der Waals surface area contributed by atoms with Crippen LogP contribution in [-0.4, -0.2) is 56.7 Å². The SMILES string of the molecule is O=C(C1CCOC1)N1CCCC(c2cc(NCc3cccnc3)n3ncc(Br)c3n2)C1. The average Bonchev–Trinajstić information content (AvgIpc) is 3.48. The Kier molecular flexibility index (Phi) is 5.87. The van der Waals surface area contributed by atoms with Crippen LogP contribution in [0.1, 0.15) is 36.4 Å². The van der Waals surface area contributed by atoms with Crippen LogP contribution >= 0.6 is 15.9 Å². The number of ether oxygens (including phenoxy) is 1. The molecular weight excluding hydrogens is 460 g/mol. The first kappa shape index (κ1) is 20.4. The Labute approximate surface area is 189 Å². The summed E-state index contributed by atoms with van der Waals surface area (Å²) >= 11 is 3.57. The van der Waals surface area contributed by atoms with Crippen molar-refractivity contribution in [1.82, 2.24) is 24.5 Å². The lowest BCUT2D eigenvalue weighted by Crippen LogP contribution is -2.42. The summed E-state index contributed by atoms with van der Waals surface area (Å²) in [4.78, 5) is 24.0. The van der Waals surface area contributed by atoms with Gasteiger partial charge in [-0.2, -0.15) is 9.61 Å². The van der Waals surface area contributed by atoms with Crippen LogP contribution in [0, 0.1) is 5.92 Å². The van der Waals surface area contributed by atoms with Crippen LogP contribution in [-0.2, 0) is 16.1 Å². The van der Waals surface area contributed by atoms with Crippen LogP contribution in [0.4, 0.5) is 5.82 Å². The van der Waals surface area contributed by atoms with Gasteiger partial charge in [0.2, 0.25) is 5.91 Å². The number of hydrogen-bond acceptors (Lipinski definition) is 6. The summed E-state index contributed by atoms with van der Waals surface area (Å²) in [6.45, 7) is 3.40. The molecule has 2 unspecified atom stereocenters. The monoisotopic (exact) mass is 484 g/mol. The van der Waals surface area contributed by atoms with Gasteiger partial charge in [-0.15, -0.1) is 0 Å². The minimum Gasteiger partial charge on any atom is -0.381 e. The molecule has 0 aliphatic carbocycles. The second-order valence-corrected chi connectivity index (χ2v) is 9.05. The van der Waals surface area contributed by atoms with Gasteiger partial charge in [-0.3, -0.25) is 9.78 Å². The van der Waals surface area contributed by atoms with Gasteiger partial charge in [0.05, 0.1) is 28.9 Å². The van der Waals surface area contributed by atoms with E-state index in [0.29, 0.717) is 26.3 Å². The molecule has 3 aromatic rings. The number of halogens is 1. The normalized spacial score (nSPS) is 21.5. The molecule has 3 aromatic heterocycles. The fraction of sp³-hybridized carbons (Fsp3) is 0.455. The third kappa shape index (κ3) is 4.29. The van der Waals surface area contributed by atoms with Crippen molar-refractivity contribution < 1.29 is 9.53 Å². The first-order chi connectivity index (χ1) is 15.2. The number of rotatable bonds is 5. The molecule has 0 radical (unpaired) electrons. The molecule has 162 valence electrons. The van der Waals surface area contributed by atoms with E-state index in [1.807, 2.05) is 27.7 Å². The Balaban J connectivity index is 1.39. The van der Waals surface area contributed by atoms with Crippen molar-refractivity contribution in [3.8, 4) is 0 Å². The van der Waals surface area contributed by atoms with Gasteiger partial charge in [0, 0.05) is 50.6 Å². The molecule has 2 saturated heterocycles. The fourth-order valence-corrected chi connectivity index (χ4v) is 4.74. The van der Waals surface area contributed by atoms with E-state index in [0.717, 1.165) is 53.0 Å². The maximum Gasteiger partial charge on any atom is 0.228 e. The molecule has 1 amide bonds. The number of likely N-dealkylation sites (tertiary alicyclic amines) is 1. The molecule has 1 N–H and O–H groups in total. The van der Waals surface area contributed by atoms with E-state index in [1.54, 1.807) is 12.4 Å². The molecule has 2 aliphatic rings. The Morgan fingerprint density at radius 2 is 2.26 bits per heavy atom. The molecule has 5 rings (SSSR count). The highest BCUT2D eigenvalue weighted by Crippen LogP contribution is 2.31. The second-order valence-electron chi connectivity index (χ2n) is 8.19. The largest absolute Gasteiger partial charge is 0.381 e. The molecule has 8 nitrogen and oxygen atoms in total. The van der Waals surface area contributed by atoms with Crippen LogP contribution in [0.2, 0.25) is 0 Å². The zero-order valence-corrected chi connectivity index (χ0v) is 18.8. The van der Waals surface area contributed by atoms with Crippen molar-refractivity contribution >= 4 is 33.3 Å². The quantitative estimate of drug-likeness (QED) is 0.598. The highest BCUT2D eigenvalue weighted by atomic mass is 79.9. The molecular formula is C22H25BrN6O2. The van der Waals surface area contributed by atoms with Gasteiger partial charge in [0.1, 0.15) is 5.82 Å². The Morgan fingerprint density at radius 1 is 1.32 bits per heavy atom. The van der Waals surface area contributed by atoms with Crippen molar-refractivity contribution in [2.24, 2.45) is 5.92 Å². The number of piperidine rings is 1. The number of amides is 1. The van der Waals surface area contributed by atoms with E-state index in [-0.39, 0.29) is 17.7 Å². The zero-order chi connectivity index (χ0) is 21.2. The summed E-state index contributed by atoms with van der Waals surface area (Å²) in [5.41, 5.74) is 2.86. The summed E-state index contributed by atoms with van der Waals surface area (Å²) in [5, 5.41) is 7.94. The highest BCUT2D eigenvalue weighted by Gasteiger charge is 2.32. The van der Waals surface area contributed by atoms with Crippen molar-refractivity contribution in [1.29, 1.82) is 0 Å². The predicted octanol–water partition coefficient (Wildman–Crippen LogP) is 3.24. The molecule has 0 spiro atoms. The van der Waals surface area contributed by atoms with E-state index < -0.39 is 0 Å². The van der Waals surface area contributed by atoms with E-state index in [2.05, 4.69) is 37.4 Å². The molecule has 2 fully saturated rings. The Bertz CT molecular complexity index is 1070. The summed E-state index contributed by atoms with van der Waals surface area (Å²) in [6.07, 6.45) is 8.21. The Morgan fingerprint density at radius 3 is 3.06 bits per heavy atom. The Hall–Kier alpha value is -2.52. The van der Waals surface area contributed by atoms with Crippen LogP contribution < -0.4 is 5.32 Å². The van der Waals surface area contributed by atoms with E-state index in [1.165, 1.54) is 0 Å². The highest BCUT2D eigenvalue weighted by molar-refractivity contribution is 9.10. The third-order valence-electron chi connectivity index (χ3n) is 6.08. The van der Waals surface area contributed by atoms with Gasteiger partial charge in [-0.25, -0.2) is 4.98 Å². The van der Waals surface area contributed by atoms with Crippen molar-refractivity contribution in [2.45, 2.75) is 31.7 Å². The molecule has 5 heterocycles. The molecule has 2 aliphatic heterocycles. The van der Waals surface area contributed by atoms with Gasteiger partial charge >= 0.3 is 0 Å². The number of anilines is 1. The molecule has 0 saturated carbocycles. The fourth-order valence-electron chi connectivity index (χ4n) is 4.39. The van der Waals surface area contributed by atoms with Crippen LogP contribution in [0.3, 0.4) is 0 Å². The van der Waals surface area contributed by atoms with Crippen LogP contribution in [0.5, 0.6) is 0 Å². The van der Waals surface area contributed by atoms with Crippen LogP contribution in [0.25, 0.3) is 5.65 Å². The molecule has 0 aromatic carbocycles. The number of nitrogens with zero attached hydrogens (tertiary/aromatic N) is 5. The predicted molar refractivity (Wildman–Crippen MR) is 120 cm³/mol. The minimum absolute atomic E-state index is 0.00914. The third-order valence-corrected chi connectivity index (χ3v) is 6.63. The van der Waals surface area contributed by atoms with Crippen molar-refractivity contribution in [3.05, 3.63) is 52.5 Å². The number of carbonyl (C=O) groups excluding carboxylic acids is 1. The summed E-state index contributed by atoms with van der Waals surface area (Å²) in [6, 6.07) is 6.04. The standard InChI is InChI=1S/C22H25BrN6O2/c23-18-12-26-29-20(25-11-15-3-1-6-24-10-15)9-19(27-21(18)29)16-4-2-7-28(13-16)22(30)17-5-8-31-14-17/h1,3,6,9-10,12,16-17,25H,2,4-5,7-8,11,13-14H2. The first-order valence-corrected chi connectivity index (χ1v) is 11.5. The molecule has 31 heavy (non-hydrogen) atoms. The number of fused-ring (bicyclic) bond motifs is 1. The van der Waals surface area contributed by atoms with Gasteiger partial charge in [0.25, 0.3) is 0 Å². The average molecular weight is 485 g/mol. The zero-order valence-electron chi connectivity index (χ0n) is 17.2. The first-order valence-electron chi connectivity index (χ1n) is 10.7. The number of hydrogen-bond donors (Lipinski definition) is 1. The lowest BCUT2D eigenvalue weighted by atomic mass is 9.93. The maximum atomic E-state index is 12.9. The second kappa shape index (κ2) is 8.92. The number of pyridine rings is 1. The number of nitrogens with one attached hydrogen (secondary N) is 1. The topological polar surface area (TPSA) is 84.7 Å².